The Morgan fingerprint density at radius 2 is 2.21 bits per heavy atom. The second-order valence-electron chi connectivity index (χ2n) is 3.61. The molecule has 3 nitrogen and oxygen atoms in total. The van der Waals surface area contributed by atoms with Crippen LogP contribution in [0.3, 0.4) is 0 Å². The summed E-state index contributed by atoms with van der Waals surface area (Å²) in [6.45, 7) is -0.0452. The molecule has 0 unspecified atom stereocenters. The number of hydrogen-bond donors (Lipinski definition) is 1. The second kappa shape index (κ2) is 3.96. The van der Waals surface area contributed by atoms with Crippen molar-refractivity contribution in [3.05, 3.63) is 23.0 Å². The highest BCUT2D eigenvalue weighted by atomic mass is 16.5. The van der Waals surface area contributed by atoms with Gasteiger partial charge in [-0.15, -0.1) is 0 Å². The van der Waals surface area contributed by atoms with Gasteiger partial charge in [0, 0.05) is 5.69 Å². The molecule has 1 heterocycles. The van der Waals surface area contributed by atoms with Crippen molar-refractivity contribution >= 4 is 0 Å². The molecule has 0 radical (unpaired) electrons. The first-order valence-electron chi connectivity index (χ1n) is 5.01. The van der Waals surface area contributed by atoms with Crippen LogP contribution in [-0.2, 0) is 19.4 Å². The van der Waals surface area contributed by atoms with Crippen LogP contribution in [0.15, 0.2) is 6.07 Å². The number of fused-ring (bicyclic) bond motifs is 1. The Morgan fingerprint density at radius 3 is 2.93 bits per heavy atom. The summed E-state index contributed by atoms with van der Waals surface area (Å²) in [7, 11) is 1.62. The molecule has 0 spiro atoms. The molecule has 0 aromatic carbocycles. The fourth-order valence-corrected chi connectivity index (χ4v) is 1.95. The number of ether oxygens (including phenoxy) is 1. The Kier molecular flexibility index (Phi) is 2.68. The first kappa shape index (κ1) is 9.46. The molecular formula is C11H15NO2. The van der Waals surface area contributed by atoms with Gasteiger partial charge >= 0.3 is 0 Å². The topological polar surface area (TPSA) is 42.4 Å². The third-order valence-corrected chi connectivity index (χ3v) is 2.71. The Bertz CT molecular complexity index is 292. The van der Waals surface area contributed by atoms with Gasteiger partial charge in [0.1, 0.15) is 11.4 Å². The standard InChI is InChI=1S/C11H15NO2/c1-14-11-6-8-4-2-3-5-9(8)12-10(11)7-13/h6,13H,2-5,7H2,1H3. The zero-order valence-electron chi connectivity index (χ0n) is 8.42. The normalized spacial score (nSPS) is 15.0. The van der Waals surface area contributed by atoms with E-state index in [2.05, 4.69) is 4.98 Å². The Labute approximate surface area is 83.7 Å². The Hall–Kier alpha value is -1.09. The first-order chi connectivity index (χ1) is 6.85. The van der Waals surface area contributed by atoms with Gasteiger partial charge in [0.25, 0.3) is 0 Å². The number of hydrogen-bond acceptors (Lipinski definition) is 3. The third-order valence-electron chi connectivity index (χ3n) is 2.71. The number of aryl methyl sites for hydroxylation is 2. The van der Waals surface area contributed by atoms with Crippen molar-refractivity contribution in [3.63, 3.8) is 0 Å². The van der Waals surface area contributed by atoms with E-state index in [0.29, 0.717) is 11.4 Å². The summed E-state index contributed by atoms with van der Waals surface area (Å²) in [5.74, 6) is 0.716. The summed E-state index contributed by atoms with van der Waals surface area (Å²) >= 11 is 0. The molecule has 0 fully saturated rings. The molecule has 76 valence electrons. The van der Waals surface area contributed by atoms with Crippen LogP contribution in [0.1, 0.15) is 29.8 Å². The molecule has 1 aliphatic carbocycles. The lowest BCUT2D eigenvalue weighted by molar-refractivity contribution is 0.267. The van der Waals surface area contributed by atoms with Gasteiger partial charge in [0.15, 0.2) is 0 Å². The van der Waals surface area contributed by atoms with E-state index in [1.54, 1.807) is 7.11 Å². The maximum atomic E-state index is 9.11. The van der Waals surface area contributed by atoms with Gasteiger partial charge in [-0.2, -0.15) is 0 Å². The van der Waals surface area contributed by atoms with Gasteiger partial charge in [-0.25, -0.2) is 0 Å². The predicted octanol–water partition coefficient (Wildman–Crippen LogP) is 1.46. The van der Waals surface area contributed by atoms with E-state index < -0.39 is 0 Å². The number of aliphatic hydroxyl groups excluding tert-OH is 1. The van der Waals surface area contributed by atoms with Crippen LogP contribution in [0, 0.1) is 0 Å². The minimum atomic E-state index is -0.0452. The minimum absolute atomic E-state index is 0.0452. The summed E-state index contributed by atoms with van der Waals surface area (Å²) in [4.78, 5) is 4.43. The van der Waals surface area contributed by atoms with Gasteiger partial charge in [-0.1, -0.05) is 0 Å². The zero-order chi connectivity index (χ0) is 9.97. The lowest BCUT2D eigenvalue weighted by Crippen LogP contribution is -2.08. The summed E-state index contributed by atoms with van der Waals surface area (Å²) in [5.41, 5.74) is 3.08. The van der Waals surface area contributed by atoms with Crippen LogP contribution in [-0.4, -0.2) is 17.2 Å². The zero-order valence-corrected chi connectivity index (χ0v) is 8.42. The van der Waals surface area contributed by atoms with Crippen LogP contribution >= 0.6 is 0 Å². The molecule has 14 heavy (non-hydrogen) atoms. The van der Waals surface area contributed by atoms with Gasteiger partial charge in [-0.05, 0) is 37.3 Å². The van der Waals surface area contributed by atoms with Gasteiger partial charge in [-0.3, -0.25) is 4.98 Å². The highest BCUT2D eigenvalue weighted by Gasteiger charge is 2.14. The Morgan fingerprint density at radius 1 is 1.43 bits per heavy atom. The molecule has 1 aliphatic rings. The lowest BCUT2D eigenvalue weighted by atomic mass is 9.95. The summed E-state index contributed by atoms with van der Waals surface area (Å²) in [6, 6.07) is 2.02. The average molecular weight is 193 g/mol. The van der Waals surface area contributed by atoms with E-state index in [0.717, 1.165) is 18.5 Å². The molecule has 1 aromatic heterocycles. The van der Waals surface area contributed by atoms with Crippen LogP contribution in [0.25, 0.3) is 0 Å². The van der Waals surface area contributed by atoms with Crippen molar-refractivity contribution in [2.45, 2.75) is 32.3 Å². The van der Waals surface area contributed by atoms with E-state index in [9.17, 15) is 0 Å². The van der Waals surface area contributed by atoms with Gasteiger partial charge in [0.05, 0.1) is 13.7 Å². The van der Waals surface area contributed by atoms with E-state index in [-0.39, 0.29) is 6.61 Å². The number of aromatic nitrogens is 1. The average Bonchev–Trinajstić information content (AvgIpc) is 2.27. The van der Waals surface area contributed by atoms with Crippen molar-refractivity contribution in [1.82, 2.24) is 4.98 Å². The van der Waals surface area contributed by atoms with Crippen molar-refractivity contribution in [2.24, 2.45) is 0 Å². The number of pyridine rings is 1. The monoisotopic (exact) mass is 193 g/mol. The van der Waals surface area contributed by atoms with Crippen LogP contribution in [0.5, 0.6) is 5.75 Å². The van der Waals surface area contributed by atoms with Crippen molar-refractivity contribution in [1.29, 1.82) is 0 Å². The fraction of sp³-hybridized carbons (Fsp3) is 0.545. The lowest BCUT2D eigenvalue weighted by Gasteiger charge is -2.17. The highest BCUT2D eigenvalue weighted by molar-refractivity contribution is 5.36. The molecule has 0 amide bonds. The quantitative estimate of drug-likeness (QED) is 0.773. The van der Waals surface area contributed by atoms with Crippen LogP contribution in [0.2, 0.25) is 0 Å². The molecule has 0 saturated heterocycles. The fourth-order valence-electron chi connectivity index (χ4n) is 1.95. The number of aliphatic hydroxyl groups is 1. The molecule has 3 heteroatoms. The molecule has 0 bridgehead atoms. The van der Waals surface area contributed by atoms with Crippen molar-refractivity contribution in [3.8, 4) is 5.75 Å². The predicted molar refractivity (Wildman–Crippen MR) is 53.4 cm³/mol. The molecule has 0 saturated carbocycles. The smallest absolute Gasteiger partial charge is 0.143 e. The number of rotatable bonds is 2. The third kappa shape index (κ3) is 1.60. The number of methoxy groups -OCH3 is 1. The molecule has 1 aromatic rings. The summed E-state index contributed by atoms with van der Waals surface area (Å²) < 4.78 is 5.18. The molecule has 0 aliphatic heterocycles. The largest absolute Gasteiger partial charge is 0.495 e. The maximum Gasteiger partial charge on any atom is 0.143 e. The molecule has 1 N–H and O–H groups in total. The summed E-state index contributed by atoms with van der Waals surface area (Å²) in [6.07, 6.45) is 4.56. The minimum Gasteiger partial charge on any atom is -0.495 e. The van der Waals surface area contributed by atoms with Gasteiger partial charge < -0.3 is 9.84 Å². The second-order valence-corrected chi connectivity index (χ2v) is 3.61. The summed E-state index contributed by atoms with van der Waals surface area (Å²) in [5, 5.41) is 9.11. The SMILES string of the molecule is COc1cc2c(nc1CO)CCCC2. The van der Waals surface area contributed by atoms with E-state index >= 15 is 0 Å². The van der Waals surface area contributed by atoms with Crippen molar-refractivity contribution < 1.29 is 9.84 Å². The van der Waals surface area contributed by atoms with E-state index in [1.165, 1.54) is 18.4 Å². The number of nitrogens with zero attached hydrogens (tertiary/aromatic N) is 1. The molecule has 0 atom stereocenters. The first-order valence-corrected chi connectivity index (χ1v) is 5.01. The van der Waals surface area contributed by atoms with E-state index in [1.807, 2.05) is 6.07 Å². The van der Waals surface area contributed by atoms with E-state index in [4.69, 9.17) is 9.84 Å². The van der Waals surface area contributed by atoms with Gasteiger partial charge in [0.2, 0.25) is 0 Å². The Balaban J connectivity index is 2.43. The highest BCUT2D eigenvalue weighted by Crippen LogP contribution is 2.26. The molecular weight excluding hydrogens is 178 g/mol. The van der Waals surface area contributed by atoms with Crippen LogP contribution < -0.4 is 4.74 Å². The maximum absolute atomic E-state index is 9.11. The molecule has 2 rings (SSSR count). The van der Waals surface area contributed by atoms with Crippen LogP contribution in [0.4, 0.5) is 0 Å². The van der Waals surface area contributed by atoms with Crippen molar-refractivity contribution in [2.75, 3.05) is 7.11 Å².